The number of hydrogen-bond acceptors (Lipinski definition) is 5. The minimum Gasteiger partial charge on any atom is -0.496 e. The fraction of sp³-hybridized carbons (Fsp3) is 0.286. The summed E-state index contributed by atoms with van der Waals surface area (Å²) in [6.45, 7) is 1.66. The number of benzene rings is 2. The van der Waals surface area contributed by atoms with E-state index in [2.05, 4.69) is 10.6 Å². The lowest BCUT2D eigenvalue weighted by Gasteiger charge is -2.25. The average molecular weight is 400 g/mol. The summed E-state index contributed by atoms with van der Waals surface area (Å²) in [5.41, 5.74) is 1.47. The molecule has 7 nitrogen and oxygen atoms in total. The number of rotatable bonds is 6. The van der Waals surface area contributed by atoms with Crippen molar-refractivity contribution >= 4 is 23.5 Å². The average Bonchev–Trinajstić information content (AvgIpc) is 2.71. The molecule has 0 unspecified atom stereocenters. The van der Waals surface area contributed by atoms with E-state index < -0.39 is 35.6 Å². The van der Waals surface area contributed by atoms with Gasteiger partial charge in [0, 0.05) is 24.2 Å². The molecule has 0 saturated carbocycles. The fourth-order valence-corrected chi connectivity index (χ4v) is 3.13. The summed E-state index contributed by atoms with van der Waals surface area (Å²) in [7, 11) is 1.54. The molecule has 2 aromatic carbocycles. The SMILES string of the molecule is COc1ccccc1CNC(=O)[C@H](C)OC(=O)[C@@H]1CC(=O)Nc2cc(F)ccc21. The van der Waals surface area contributed by atoms with Gasteiger partial charge < -0.3 is 20.1 Å². The highest BCUT2D eigenvalue weighted by molar-refractivity contribution is 6.00. The topological polar surface area (TPSA) is 93.7 Å². The Balaban J connectivity index is 1.63. The molecule has 2 atom stereocenters. The van der Waals surface area contributed by atoms with Crippen LogP contribution in [0.3, 0.4) is 0 Å². The molecule has 8 heteroatoms. The van der Waals surface area contributed by atoms with Crippen LogP contribution in [0.1, 0.15) is 30.4 Å². The van der Waals surface area contributed by atoms with E-state index in [1.54, 1.807) is 6.07 Å². The lowest BCUT2D eigenvalue weighted by atomic mass is 9.90. The maximum absolute atomic E-state index is 13.4. The van der Waals surface area contributed by atoms with Crippen LogP contribution in [0.25, 0.3) is 0 Å². The van der Waals surface area contributed by atoms with Crippen molar-refractivity contribution < 1.29 is 28.2 Å². The van der Waals surface area contributed by atoms with Crippen molar-refractivity contribution in [2.24, 2.45) is 0 Å². The normalized spacial score (nSPS) is 16.2. The molecule has 2 N–H and O–H groups in total. The summed E-state index contributed by atoms with van der Waals surface area (Å²) in [5.74, 6) is -2.41. The lowest BCUT2D eigenvalue weighted by molar-refractivity contribution is -0.157. The van der Waals surface area contributed by atoms with Crippen LogP contribution in [0.15, 0.2) is 42.5 Å². The van der Waals surface area contributed by atoms with Gasteiger partial charge >= 0.3 is 5.97 Å². The van der Waals surface area contributed by atoms with E-state index in [4.69, 9.17) is 9.47 Å². The summed E-state index contributed by atoms with van der Waals surface area (Å²) in [6, 6.07) is 11.0. The number of nitrogens with one attached hydrogen (secondary N) is 2. The van der Waals surface area contributed by atoms with Gasteiger partial charge in [-0.2, -0.15) is 0 Å². The van der Waals surface area contributed by atoms with Gasteiger partial charge in [-0.05, 0) is 30.7 Å². The molecule has 29 heavy (non-hydrogen) atoms. The quantitative estimate of drug-likeness (QED) is 0.727. The summed E-state index contributed by atoms with van der Waals surface area (Å²) in [6.07, 6.45) is -1.20. The summed E-state index contributed by atoms with van der Waals surface area (Å²) in [4.78, 5) is 36.8. The summed E-state index contributed by atoms with van der Waals surface area (Å²) < 4.78 is 23.9. The molecule has 152 valence electrons. The van der Waals surface area contributed by atoms with E-state index in [0.717, 1.165) is 11.6 Å². The van der Waals surface area contributed by atoms with Gasteiger partial charge in [-0.3, -0.25) is 14.4 Å². The second kappa shape index (κ2) is 8.72. The van der Waals surface area contributed by atoms with Crippen molar-refractivity contribution in [3.63, 3.8) is 0 Å². The second-order valence-electron chi connectivity index (χ2n) is 6.65. The third kappa shape index (κ3) is 4.71. The minimum absolute atomic E-state index is 0.132. The van der Waals surface area contributed by atoms with Gasteiger partial charge in [0.15, 0.2) is 6.10 Å². The zero-order valence-corrected chi connectivity index (χ0v) is 16.0. The molecule has 0 aromatic heterocycles. The molecule has 0 aliphatic carbocycles. The van der Waals surface area contributed by atoms with E-state index >= 15 is 0 Å². The van der Waals surface area contributed by atoms with Crippen LogP contribution in [-0.4, -0.2) is 31.0 Å². The Hall–Kier alpha value is -3.42. The number of ether oxygens (including phenoxy) is 2. The van der Waals surface area contributed by atoms with Crippen LogP contribution >= 0.6 is 0 Å². The molecule has 2 amide bonds. The van der Waals surface area contributed by atoms with Crippen LogP contribution in [0.4, 0.5) is 10.1 Å². The Bertz CT molecular complexity index is 946. The third-order valence-corrected chi connectivity index (χ3v) is 4.65. The maximum atomic E-state index is 13.4. The first-order valence-corrected chi connectivity index (χ1v) is 9.08. The largest absolute Gasteiger partial charge is 0.496 e. The van der Waals surface area contributed by atoms with Crippen LogP contribution in [0.2, 0.25) is 0 Å². The van der Waals surface area contributed by atoms with E-state index in [-0.39, 0.29) is 18.7 Å². The van der Waals surface area contributed by atoms with Crippen molar-refractivity contribution in [2.45, 2.75) is 31.9 Å². The molecule has 1 aliphatic heterocycles. The predicted octanol–water partition coefficient (Wildman–Crippen LogP) is 2.51. The molecule has 0 spiro atoms. The van der Waals surface area contributed by atoms with Gasteiger partial charge in [-0.1, -0.05) is 24.3 Å². The smallest absolute Gasteiger partial charge is 0.314 e. The molecule has 1 heterocycles. The minimum atomic E-state index is -1.06. The zero-order chi connectivity index (χ0) is 21.0. The van der Waals surface area contributed by atoms with Gasteiger partial charge in [0.05, 0.1) is 13.0 Å². The standard InChI is InChI=1S/C21H21FN2O5/c1-12(20(26)23-11-13-5-3-4-6-18(13)28-2)29-21(27)16-10-19(25)24-17-9-14(22)7-8-15(16)17/h3-9,12,16H,10-11H2,1-2H3,(H,23,26)(H,24,25)/t12-,16+/m0/s1. The first-order chi connectivity index (χ1) is 13.9. The number of halogens is 1. The molecule has 1 aliphatic rings. The van der Waals surface area contributed by atoms with Crippen molar-refractivity contribution in [1.29, 1.82) is 0 Å². The highest BCUT2D eigenvalue weighted by atomic mass is 19.1. The predicted molar refractivity (Wildman–Crippen MR) is 103 cm³/mol. The molecule has 0 radical (unpaired) electrons. The zero-order valence-electron chi connectivity index (χ0n) is 16.0. The van der Waals surface area contributed by atoms with Crippen LogP contribution in [0, 0.1) is 5.82 Å². The Morgan fingerprint density at radius 2 is 2.03 bits per heavy atom. The van der Waals surface area contributed by atoms with E-state index in [9.17, 15) is 18.8 Å². The van der Waals surface area contributed by atoms with E-state index in [0.29, 0.717) is 11.3 Å². The molecule has 3 rings (SSSR count). The molecular formula is C21H21FN2O5. The molecule has 0 fully saturated rings. The number of carbonyl (C=O) groups excluding carboxylic acids is 3. The molecular weight excluding hydrogens is 379 g/mol. The van der Waals surface area contributed by atoms with Crippen molar-refractivity contribution in [2.75, 3.05) is 12.4 Å². The Morgan fingerprint density at radius 1 is 1.28 bits per heavy atom. The van der Waals surface area contributed by atoms with Gasteiger partial charge in [0.25, 0.3) is 5.91 Å². The molecule has 0 saturated heterocycles. The van der Waals surface area contributed by atoms with Crippen LogP contribution < -0.4 is 15.4 Å². The van der Waals surface area contributed by atoms with Crippen molar-refractivity contribution in [3.05, 3.63) is 59.4 Å². The number of carbonyl (C=O) groups is 3. The fourth-order valence-electron chi connectivity index (χ4n) is 3.13. The first kappa shape index (κ1) is 20.3. The Labute approximate surface area is 167 Å². The number of amides is 2. The number of anilines is 1. The number of methoxy groups -OCH3 is 1. The molecule has 0 bridgehead atoms. The lowest BCUT2D eigenvalue weighted by Crippen LogP contribution is -2.37. The van der Waals surface area contributed by atoms with E-state index in [1.165, 1.54) is 26.2 Å². The van der Waals surface area contributed by atoms with Crippen molar-refractivity contribution in [1.82, 2.24) is 5.32 Å². The maximum Gasteiger partial charge on any atom is 0.314 e. The van der Waals surface area contributed by atoms with E-state index in [1.807, 2.05) is 18.2 Å². The van der Waals surface area contributed by atoms with Gasteiger partial charge in [-0.25, -0.2) is 4.39 Å². The van der Waals surface area contributed by atoms with Gasteiger partial charge in [-0.15, -0.1) is 0 Å². The Morgan fingerprint density at radius 3 is 2.79 bits per heavy atom. The number of para-hydroxylation sites is 1. The van der Waals surface area contributed by atoms with Gasteiger partial charge in [0.1, 0.15) is 11.6 Å². The van der Waals surface area contributed by atoms with Crippen LogP contribution in [-0.2, 0) is 25.7 Å². The van der Waals surface area contributed by atoms with Gasteiger partial charge in [0.2, 0.25) is 5.91 Å². The Kier molecular flexibility index (Phi) is 6.11. The van der Waals surface area contributed by atoms with Crippen LogP contribution in [0.5, 0.6) is 5.75 Å². The summed E-state index contributed by atoms with van der Waals surface area (Å²) in [5, 5.41) is 5.23. The number of hydrogen-bond donors (Lipinski definition) is 2. The number of fused-ring (bicyclic) bond motifs is 1. The first-order valence-electron chi connectivity index (χ1n) is 9.08. The monoisotopic (exact) mass is 400 g/mol. The second-order valence-corrected chi connectivity index (χ2v) is 6.65. The highest BCUT2D eigenvalue weighted by Crippen LogP contribution is 2.33. The molecule has 2 aromatic rings. The third-order valence-electron chi connectivity index (χ3n) is 4.65. The summed E-state index contributed by atoms with van der Waals surface area (Å²) >= 11 is 0. The number of esters is 1. The highest BCUT2D eigenvalue weighted by Gasteiger charge is 2.33. The van der Waals surface area contributed by atoms with Crippen molar-refractivity contribution in [3.8, 4) is 5.75 Å².